The van der Waals surface area contributed by atoms with Gasteiger partial charge in [-0.3, -0.25) is 10.8 Å². The van der Waals surface area contributed by atoms with E-state index in [1.165, 1.54) is 0 Å². The molecule has 0 aliphatic carbocycles. The monoisotopic (exact) mass is 271 g/mol. The summed E-state index contributed by atoms with van der Waals surface area (Å²) >= 11 is 0. The number of rotatable bonds is 5. The normalized spacial score (nSPS) is 12.4. The van der Waals surface area contributed by atoms with Crippen molar-refractivity contribution in [3.63, 3.8) is 0 Å². The topological polar surface area (TPSA) is 60.2 Å². The minimum Gasteiger partial charge on any atom is -0.491 e. The lowest BCUT2D eigenvalue weighted by molar-refractivity contribution is 0.238. The van der Waals surface area contributed by atoms with Crippen molar-refractivity contribution in [2.24, 2.45) is 5.84 Å². The minimum atomic E-state index is -0.141. The van der Waals surface area contributed by atoms with E-state index in [4.69, 9.17) is 10.6 Å². The summed E-state index contributed by atoms with van der Waals surface area (Å²) in [6.07, 6.45) is 1.96. The van der Waals surface area contributed by atoms with Gasteiger partial charge in [0.25, 0.3) is 0 Å². The van der Waals surface area contributed by atoms with Crippen LogP contribution in [0.25, 0.3) is 0 Å². The van der Waals surface area contributed by atoms with Crippen LogP contribution in [-0.4, -0.2) is 11.1 Å². The molecule has 1 aromatic heterocycles. The fourth-order valence-electron chi connectivity index (χ4n) is 2.10. The molecule has 1 unspecified atom stereocenters. The van der Waals surface area contributed by atoms with Crippen molar-refractivity contribution in [2.75, 3.05) is 0 Å². The highest BCUT2D eigenvalue weighted by Gasteiger charge is 2.17. The molecule has 0 fully saturated rings. The van der Waals surface area contributed by atoms with E-state index in [9.17, 15) is 0 Å². The molecular formula is C16H21N3O. The number of aromatic nitrogens is 1. The van der Waals surface area contributed by atoms with E-state index in [1.54, 1.807) is 0 Å². The standard InChI is InChI=1S/C16H21N3O/c1-11(2)20-15-7-5-4-6-14(15)16(19-17)13-9-8-12(3)18-10-13/h4-11,16,19H,17H2,1-3H3. The van der Waals surface area contributed by atoms with Crippen LogP contribution in [0.3, 0.4) is 0 Å². The van der Waals surface area contributed by atoms with Crippen LogP contribution in [-0.2, 0) is 0 Å². The molecule has 0 amide bonds. The molecule has 4 heteroatoms. The molecule has 0 bridgehead atoms. The zero-order valence-corrected chi connectivity index (χ0v) is 12.1. The van der Waals surface area contributed by atoms with Crippen molar-refractivity contribution >= 4 is 0 Å². The molecule has 3 N–H and O–H groups in total. The third-order valence-electron chi connectivity index (χ3n) is 3.03. The quantitative estimate of drug-likeness (QED) is 0.648. The summed E-state index contributed by atoms with van der Waals surface area (Å²) in [6.45, 7) is 5.98. The molecule has 1 atom stereocenters. The van der Waals surface area contributed by atoms with Crippen LogP contribution in [0.1, 0.15) is 36.7 Å². The fraction of sp³-hybridized carbons (Fsp3) is 0.312. The van der Waals surface area contributed by atoms with Crippen molar-refractivity contribution in [3.8, 4) is 5.75 Å². The molecule has 0 saturated carbocycles. The molecular weight excluding hydrogens is 250 g/mol. The Balaban J connectivity index is 2.38. The summed E-state index contributed by atoms with van der Waals surface area (Å²) in [5.74, 6) is 6.58. The highest BCUT2D eigenvalue weighted by atomic mass is 16.5. The van der Waals surface area contributed by atoms with E-state index in [2.05, 4.69) is 10.4 Å². The van der Waals surface area contributed by atoms with Crippen LogP contribution in [0.4, 0.5) is 0 Å². The number of benzene rings is 1. The van der Waals surface area contributed by atoms with Gasteiger partial charge in [0.05, 0.1) is 12.1 Å². The smallest absolute Gasteiger partial charge is 0.124 e. The predicted molar refractivity (Wildman–Crippen MR) is 80.3 cm³/mol. The summed E-state index contributed by atoms with van der Waals surface area (Å²) in [6, 6.07) is 11.8. The summed E-state index contributed by atoms with van der Waals surface area (Å²) in [7, 11) is 0. The second kappa shape index (κ2) is 6.50. The van der Waals surface area contributed by atoms with Gasteiger partial charge < -0.3 is 4.74 Å². The van der Waals surface area contributed by atoms with Crippen LogP contribution in [0.5, 0.6) is 5.75 Å². The number of nitrogens with zero attached hydrogens (tertiary/aromatic N) is 1. The molecule has 0 spiro atoms. The number of hydrogen-bond acceptors (Lipinski definition) is 4. The molecule has 1 aromatic carbocycles. The highest BCUT2D eigenvalue weighted by Crippen LogP contribution is 2.29. The molecule has 2 aromatic rings. The van der Waals surface area contributed by atoms with Gasteiger partial charge in [0, 0.05) is 17.5 Å². The summed E-state index contributed by atoms with van der Waals surface area (Å²) in [5.41, 5.74) is 5.85. The molecule has 20 heavy (non-hydrogen) atoms. The van der Waals surface area contributed by atoms with E-state index < -0.39 is 0 Å². The van der Waals surface area contributed by atoms with Gasteiger partial charge >= 0.3 is 0 Å². The Kier molecular flexibility index (Phi) is 4.71. The van der Waals surface area contributed by atoms with Gasteiger partial charge in [-0.15, -0.1) is 0 Å². The Morgan fingerprint density at radius 3 is 2.50 bits per heavy atom. The third kappa shape index (κ3) is 3.35. The average molecular weight is 271 g/mol. The number of ether oxygens (including phenoxy) is 1. The molecule has 4 nitrogen and oxygen atoms in total. The molecule has 106 valence electrons. The lowest BCUT2D eigenvalue weighted by Crippen LogP contribution is -2.29. The first-order chi connectivity index (χ1) is 9.61. The van der Waals surface area contributed by atoms with Gasteiger partial charge in [0.2, 0.25) is 0 Å². The first-order valence-electron chi connectivity index (χ1n) is 6.76. The van der Waals surface area contributed by atoms with Gasteiger partial charge in [-0.1, -0.05) is 24.3 Å². The number of hydrazine groups is 1. The number of pyridine rings is 1. The first kappa shape index (κ1) is 14.5. The van der Waals surface area contributed by atoms with Crippen LogP contribution in [0, 0.1) is 6.92 Å². The molecule has 0 aliphatic heterocycles. The Morgan fingerprint density at radius 1 is 1.15 bits per heavy atom. The van der Waals surface area contributed by atoms with E-state index >= 15 is 0 Å². The van der Waals surface area contributed by atoms with Gasteiger partial charge in [0.1, 0.15) is 5.75 Å². The van der Waals surface area contributed by atoms with E-state index in [1.807, 2.05) is 63.4 Å². The lowest BCUT2D eigenvalue weighted by Gasteiger charge is -2.21. The first-order valence-corrected chi connectivity index (χ1v) is 6.76. The van der Waals surface area contributed by atoms with E-state index in [-0.39, 0.29) is 12.1 Å². The summed E-state index contributed by atoms with van der Waals surface area (Å²) < 4.78 is 5.86. The zero-order valence-electron chi connectivity index (χ0n) is 12.1. The Morgan fingerprint density at radius 2 is 1.90 bits per heavy atom. The molecule has 0 saturated heterocycles. The number of nitrogens with one attached hydrogen (secondary N) is 1. The van der Waals surface area contributed by atoms with Crippen molar-refractivity contribution in [3.05, 3.63) is 59.4 Å². The molecule has 0 radical (unpaired) electrons. The number of aryl methyl sites for hydroxylation is 1. The van der Waals surface area contributed by atoms with Crippen molar-refractivity contribution in [1.82, 2.24) is 10.4 Å². The largest absolute Gasteiger partial charge is 0.491 e. The zero-order chi connectivity index (χ0) is 14.5. The number of nitrogens with two attached hydrogens (primary N) is 1. The van der Waals surface area contributed by atoms with Crippen molar-refractivity contribution < 1.29 is 4.74 Å². The predicted octanol–water partition coefficient (Wildman–Crippen LogP) is 2.73. The van der Waals surface area contributed by atoms with Gasteiger partial charge in [0.15, 0.2) is 0 Å². The number of para-hydroxylation sites is 1. The molecule has 1 heterocycles. The Bertz CT molecular complexity index is 552. The van der Waals surface area contributed by atoms with Crippen molar-refractivity contribution in [2.45, 2.75) is 32.9 Å². The molecule has 2 rings (SSSR count). The summed E-state index contributed by atoms with van der Waals surface area (Å²) in [4.78, 5) is 4.33. The van der Waals surface area contributed by atoms with Crippen molar-refractivity contribution in [1.29, 1.82) is 0 Å². The second-order valence-electron chi connectivity index (χ2n) is 5.04. The Hall–Kier alpha value is -1.91. The van der Waals surface area contributed by atoms with E-state index in [0.717, 1.165) is 22.6 Å². The average Bonchev–Trinajstić information content (AvgIpc) is 2.43. The van der Waals surface area contributed by atoms with Crippen LogP contribution < -0.4 is 16.0 Å². The lowest BCUT2D eigenvalue weighted by atomic mass is 9.99. The fourth-order valence-corrected chi connectivity index (χ4v) is 2.10. The van der Waals surface area contributed by atoms with Gasteiger partial charge in [-0.05, 0) is 38.5 Å². The number of hydrogen-bond donors (Lipinski definition) is 2. The van der Waals surface area contributed by atoms with Crippen LogP contribution in [0.2, 0.25) is 0 Å². The van der Waals surface area contributed by atoms with Gasteiger partial charge in [-0.25, -0.2) is 5.43 Å². The van der Waals surface area contributed by atoms with Crippen LogP contribution in [0.15, 0.2) is 42.6 Å². The van der Waals surface area contributed by atoms with Crippen LogP contribution >= 0.6 is 0 Å². The van der Waals surface area contributed by atoms with Gasteiger partial charge in [-0.2, -0.15) is 0 Å². The highest BCUT2D eigenvalue weighted by molar-refractivity contribution is 5.41. The maximum Gasteiger partial charge on any atom is 0.124 e. The minimum absolute atomic E-state index is 0.116. The maximum atomic E-state index is 5.86. The Labute approximate surface area is 120 Å². The van der Waals surface area contributed by atoms with E-state index in [0.29, 0.717) is 0 Å². The third-order valence-corrected chi connectivity index (χ3v) is 3.03. The summed E-state index contributed by atoms with van der Waals surface area (Å²) in [5, 5.41) is 0. The molecule has 0 aliphatic rings. The SMILES string of the molecule is Cc1ccc(C(NN)c2ccccc2OC(C)C)cn1. The maximum absolute atomic E-state index is 5.86. The second-order valence-corrected chi connectivity index (χ2v) is 5.04.